The first-order valence-corrected chi connectivity index (χ1v) is 4.58. The average Bonchev–Trinajstić information content (AvgIpc) is 2.29. The number of hydrogen-bond donors (Lipinski definition) is 0. The first kappa shape index (κ1) is 12.0. The Labute approximate surface area is 92.2 Å². The molecular formula is C11H10FNO3. The van der Waals surface area contributed by atoms with Crippen molar-refractivity contribution in [1.82, 2.24) is 0 Å². The molecule has 0 saturated carbocycles. The van der Waals surface area contributed by atoms with E-state index in [-0.39, 0.29) is 23.5 Å². The normalized spacial score (nSPS) is 9.38. The van der Waals surface area contributed by atoms with E-state index in [9.17, 15) is 9.18 Å². The Hall–Kier alpha value is -2.09. The van der Waals surface area contributed by atoms with Crippen LogP contribution in [0.3, 0.4) is 0 Å². The van der Waals surface area contributed by atoms with Crippen LogP contribution < -0.4 is 4.74 Å². The van der Waals surface area contributed by atoms with E-state index >= 15 is 0 Å². The van der Waals surface area contributed by atoms with Gasteiger partial charge in [-0.05, 0) is 19.1 Å². The molecule has 0 spiro atoms. The third-order valence-corrected chi connectivity index (χ3v) is 1.89. The molecule has 5 heteroatoms. The van der Waals surface area contributed by atoms with E-state index in [0.717, 1.165) is 6.07 Å². The monoisotopic (exact) mass is 223 g/mol. The van der Waals surface area contributed by atoms with Gasteiger partial charge in [-0.15, -0.1) is 0 Å². The molecule has 0 aliphatic heterocycles. The minimum Gasteiger partial charge on any atom is -0.494 e. The highest BCUT2D eigenvalue weighted by atomic mass is 19.1. The van der Waals surface area contributed by atoms with Crippen molar-refractivity contribution in [2.45, 2.75) is 6.92 Å². The summed E-state index contributed by atoms with van der Waals surface area (Å²) < 4.78 is 22.9. The number of benzene rings is 1. The van der Waals surface area contributed by atoms with Gasteiger partial charge in [0.2, 0.25) is 0 Å². The van der Waals surface area contributed by atoms with Crippen LogP contribution in [0, 0.1) is 17.1 Å². The van der Waals surface area contributed by atoms with Gasteiger partial charge in [-0.1, -0.05) is 0 Å². The second kappa shape index (κ2) is 5.12. The minimum absolute atomic E-state index is 0.0941. The van der Waals surface area contributed by atoms with Crippen LogP contribution >= 0.6 is 0 Å². The van der Waals surface area contributed by atoms with E-state index in [0.29, 0.717) is 0 Å². The van der Waals surface area contributed by atoms with Gasteiger partial charge in [0.25, 0.3) is 0 Å². The zero-order valence-corrected chi connectivity index (χ0v) is 8.91. The molecule has 0 radical (unpaired) electrons. The molecular weight excluding hydrogens is 213 g/mol. The van der Waals surface area contributed by atoms with E-state index in [2.05, 4.69) is 0 Å². The summed E-state index contributed by atoms with van der Waals surface area (Å²) in [5.74, 6) is -1.54. The molecule has 1 aromatic carbocycles. The molecule has 0 aromatic heterocycles. The van der Waals surface area contributed by atoms with Gasteiger partial charge >= 0.3 is 5.97 Å². The third kappa shape index (κ3) is 2.28. The molecule has 0 N–H and O–H groups in total. The Morgan fingerprint density at radius 2 is 2.25 bits per heavy atom. The highest BCUT2D eigenvalue weighted by Gasteiger charge is 2.15. The Bertz CT molecular complexity index is 451. The summed E-state index contributed by atoms with van der Waals surface area (Å²) in [5, 5.41) is 8.68. The van der Waals surface area contributed by atoms with Crippen LogP contribution in [0.1, 0.15) is 22.8 Å². The molecule has 1 rings (SSSR count). The quantitative estimate of drug-likeness (QED) is 0.734. The van der Waals surface area contributed by atoms with Crippen LogP contribution in [0.15, 0.2) is 12.1 Å². The van der Waals surface area contributed by atoms with E-state index in [4.69, 9.17) is 14.7 Å². The summed E-state index contributed by atoms with van der Waals surface area (Å²) in [7, 11) is 1.26. The Morgan fingerprint density at radius 3 is 2.75 bits per heavy atom. The number of methoxy groups -OCH3 is 1. The van der Waals surface area contributed by atoms with Crippen molar-refractivity contribution in [3.8, 4) is 11.8 Å². The van der Waals surface area contributed by atoms with Crippen LogP contribution in [-0.2, 0) is 4.74 Å². The van der Waals surface area contributed by atoms with E-state index in [1.807, 2.05) is 0 Å². The number of carbonyl (C=O) groups excluding carboxylic acids is 1. The average molecular weight is 223 g/mol. The third-order valence-electron chi connectivity index (χ3n) is 1.89. The number of nitrogens with zero attached hydrogens (tertiary/aromatic N) is 1. The lowest BCUT2D eigenvalue weighted by molar-refractivity contribution is 0.0526. The summed E-state index contributed by atoms with van der Waals surface area (Å²) in [5.41, 5.74) is -0.154. The summed E-state index contributed by atoms with van der Waals surface area (Å²) >= 11 is 0. The van der Waals surface area contributed by atoms with Gasteiger partial charge in [0, 0.05) is 0 Å². The lowest BCUT2D eigenvalue weighted by atomic mass is 10.1. The molecule has 16 heavy (non-hydrogen) atoms. The van der Waals surface area contributed by atoms with Crippen molar-refractivity contribution < 1.29 is 18.7 Å². The van der Waals surface area contributed by atoms with Gasteiger partial charge in [0.15, 0.2) is 11.6 Å². The number of carbonyl (C=O) groups is 1. The highest BCUT2D eigenvalue weighted by molar-refractivity contribution is 5.90. The maximum absolute atomic E-state index is 13.4. The summed E-state index contributed by atoms with van der Waals surface area (Å²) in [6.45, 7) is 1.87. The van der Waals surface area contributed by atoms with Crippen LogP contribution in [-0.4, -0.2) is 19.7 Å². The predicted octanol–water partition coefficient (Wildman–Crippen LogP) is 1.88. The summed E-state index contributed by atoms with van der Waals surface area (Å²) in [6.07, 6.45) is 0. The second-order valence-corrected chi connectivity index (χ2v) is 2.87. The molecule has 4 nitrogen and oxygen atoms in total. The molecule has 1 aromatic rings. The lowest BCUT2D eigenvalue weighted by Crippen LogP contribution is -2.06. The van der Waals surface area contributed by atoms with Gasteiger partial charge < -0.3 is 9.47 Å². The molecule has 0 bridgehead atoms. The van der Waals surface area contributed by atoms with Gasteiger partial charge in [0.1, 0.15) is 6.07 Å². The largest absolute Gasteiger partial charge is 0.494 e. The number of nitriles is 1. The van der Waals surface area contributed by atoms with Crippen molar-refractivity contribution >= 4 is 5.97 Å². The number of ether oxygens (including phenoxy) is 2. The van der Waals surface area contributed by atoms with Crippen LogP contribution in [0.4, 0.5) is 4.39 Å². The SMILES string of the molecule is CCOC(=O)c1cc(C#N)c(F)c(OC)c1. The summed E-state index contributed by atoms with van der Waals surface area (Å²) in [4.78, 5) is 11.4. The Balaban J connectivity index is 3.23. The van der Waals surface area contributed by atoms with Gasteiger partial charge in [-0.25, -0.2) is 9.18 Å². The Morgan fingerprint density at radius 1 is 1.56 bits per heavy atom. The van der Waals surface area contributed by atoms with Gasteiger partial charge in [-0.3, -0.25) is 0 Å². The summed E-state index contributed by atoms with van der Waals surface area (Å²) in [6, 6.07) is 3.98. The zero-order valence-electron chi connectivity index (χ0n) is 8.91. The van der Waals surface area contributed by atoms with Crippen molar-refractivity contribution in [2.24, 2.45) is 0 Å². The molecule has 84 valence electrons. The molecule has 0 heterocycles. The molecule has 0 atom stereocenters. The predicted molar refractivity (Wildman–Crippen MR) is 53.6 cm³/mol. The zero-order chi connectivity index (χ0) is 12.1. The molecule has 0 aliphatic rings. The van der Waals surface area contributed by atoms with Crippen LogP contribution in [0.25, 0.3) is 0 Å². The topological polar surface area (TPSA) is 59.3 Å². The molecule has 0 saturated heterocycles. The first-order chi connectivity index (χ1) is 7.63. The van der Waals surface area contributed by atoms with Crippen molar-refractivity contribution in [1.29, 1.82) is 5.26 Å². The standard InChI is InChI=1S/C11H10FNO3/c1-3-16-11(14)7-4-8(6-13)10(12)9(5-7)15-2/h4-5H,3H2,1-2H3. The van der Waals surface area contributed by atoms with E-state index < -0.39 is 11.8 Å². The van der Waals surface area contributed by atoms with Crippen molar-refractivity contribution in [3.63, 3.8) is 0 Å². The maximum Gasteiger partial charge on any atom is 0.338 e. The molecule has 0 fully saturated rings. The maximum atomic E-state index is 13.4. The first-order valence-electron chi connectivity index (χ1n) is 4.58. The van der Waals surface area contributed by atoms with Crippen LogP contribution in [0.5, 0.6) is 5.75 Å². The number of halogens is 1. The number of hydrogen-bond acceptors (Lipinski definition) is 4. The van der Waals surface area contributed by atoms with Crippen molar-refractivity contribution in [2.75, 3.05) is 13.7 Å². The molecule has 0 aliphatic carbocycles. The lowest BCUT2D eigenvalue weighted by Gasteiger charge is -2.06. The number of rotatable bonds is 3. The Kier molecular flexibility index (Phi) is 3.84. The fourth-order valence-corrected chi connectivity index (χ4v) is 1.16. The molecule has 0 unspecified atom stereocenters. The van der Waals surface area contributed by atoms with E-state index in [1.54, 1.807) is 13.0 Å². The van der Waals surface area contributed by atoms with Crippen LogP contribution in [0.2, 0.25) is 0 Å². The molecule has 0 amide bonds. The highest BCUT2D eigenvalue weighted by Crippen LogP contribution is 2.22. The second-order valence-electron chi connectivity index (χ2n) is 2.87. The van der Waals surface area contributed by atoms with Crippen molar-refractivity contribution in [3.05, 3.63) is 29.1 Å². The van der Waals surface area contributed by atoms with E-state index in [1.165, 1.54) is 13.2 Å². The fourth-order valence-electron chi connectivity index (χ4n) is 1.16. The minimum atomic E-state index is -0.780. The van der Waals surface area contributed by atoms with Gasteiger partial charge in [0.05, 0.1) is 24.8 Å². The number of esters is 1. The smallest absolute Gasteiger partial charge is 0.338 e. The van der Waals surface area contributed by atoms with Gasteiger partial charge in [-0.2, -0.15) is 5.26 Å². The fraction of sp³-hybridized carbons (Fsp3) is 0.273.